The van der Waals surface area contributed by atoms with E-state index in [2.05, 4.69) is 54.2 Å². The third-order valence-electron chi connectivity index (χ3n) is 6.48. The van der Waals surface area contributed by atoms with E-state index in [9.17, 15) is 4.79 Å². The van der Waals surface area contributed by atoms with Crippen LogP contribution >= 0.6 is 0 Å². The Kier molecular flexibility index (Phi) is 7.10. The Morgan fingerprint density at radius 3 is 2.50 bits per heavy atom. The summed E-state index contributed by atoms with van der Waals surface area (Å²) in [6.07, 6.45) is 2.62. The fraction of sp³-hybridized carbons (Fsp3) is 0.407. The number of carbonyl (C=O) groups excluding carboxylic acids is 1. The molecule has 180 valence electrons. The molecule has 1 N–H and O–H groups in total. The molecule has 1 aliphatic heterocycles. The molecular weight excluding hydrogens is 428 g/mol. The van der Waals surface area contributed by atoms with Crippen LogP contribution in [-0.2, 0) is 6.54 Å². The summed E-state index contributed by atoms with van der Waals surface area (Å²) >= 11 is 0. The van der Waals surface area contributed by atoms with Crippen LogP contribution in [0.15, 0.2) is 40.9 Å². The zero-order valence-corrected chi connectivity index (χ0v) is 20.8. The third kappa shape index (κ3) is 5.19. The van der Waals surface area contributed by atoms with Crippen molar-refractivity contribution in [3.05, 3.63) is 64.7 Å². The van der Waals surface area contributed by atoms with E-state index in [1.165, 1.54) is 22.3 Å². The van der Waals surface area contributed by atoms with Crippen LogP contribution in [0.25, 0.3) is 11.3 Å². The van der Waals surface area contributed by atoms with Gasteiger partial charge in [-0.1, -0.05) is 17.7 Å². The molecule has 0 bridgehead atoms. The first-order valence-electron chi connectivity index (χ1n) is 11.8. The molecule has 2 heterocycles. The number of aromatic nitrogens is 1. The maximum absolute atomic E-state index is 12.9. The molecule has 1 aliphatic rings. The van der Waals surface area contributed by atoms with Crippen LogP contribution in [0.5, 0.6) is 5.75 Å². The summed E-state index contributed by atoms with van der Waals surface area (Å²) in [4.78, 5) is 21.3. The van der Waals surface area contributed by atoms with E-state index in [0.29, 0.717) is 24.7 Å². The van der Waals surface area contributed by atoms with E-state index in [4.69, 9.17) is 9.15 Å². The topological polar surface area (TPSA) is 70.8 Å². The van der Waals surface area contributed by atoms with Crippen molar-refractivity contribution in [1.82, 2.24) is 15.2 Å². The highest BCUT2D eigenvalue weighted by molar-refractivity contribution is 5.74. The molecule has 2 aromatic carbocycles. The molecule has 1 fully saturated rings. The van der Waals surface area contributed by atoms with Crippen LogP contribution in [0, 0.1) is 27.7 Å². The van der Waals surface area contributed by atoms with E-state index in [1.54, 1.807) is 13.3 Å². The number of nitrogens with one attached hydrogen (secondary N) is 1. The van der Waals surface area contributed by atoms with Gasteiger partial charge in [-0.05, 0) is 56.0 Å². The molecule has 0 radical (unpaired) electrons. The first kappa shape index (κ1) is 23.7. The Labute approximate surface area is 201 Å². The molecule has 1 aromatic heterocycles. The largest absolute Gasteiger partial charge is 0.496 e. The third-order valence-corrected chi connectivity index (χ3v) is 6.48. The number of rotatable bonds is 5. The second kappa shape index (κ2) is 10.2. The lowest BCUT2D eigenvalue weighted by atomic mass is 10.00. The van der Waals surface area contributed by atoms with Gasteiger partial charge < -0.3 is 24.3 Å². The number of carbonyl (C=O) groups is 1. The number of nitrogens with zero attached hydrogens (tertiary/aromatic N) is 3. The maximum atomic E-state index is 12.9. The summed E-state index contributed by atoms with van der Waals surface area (Å²) in [5.41, 5.74) is 6.84. The average Bonchev–Trinajstić information content (AvgIpc) is 3.09. The van der Waals surface area contributed by atoms with Crippen molar-refractivity contribution in [2.24, 2.45) is 0 Å². The molecule has 0 spiro atoms. The van der Waals surface area contributed by atoms with Gasteiger partial charge in [0.2, 0.25) is 0 Å². The zero-order chi connectivity index (χ0) is 24.2. The predicted octanol–water partition coefficient (Wildman–Crippen LogP) is 5.01. The molecule has 34 heavy (non-hydrogen) atoms. The number of urea groups is 1. The maximum Gasteiger partial charge on any atom is 0.317 e. The van der Waals surface area contributed by atoms with Crippen LogP contribution in [0.2, 0.25) is 0 Å². The molecule has 0 unspecified atom stereocenters. The molecule has 0 aliphatic carbocycles. The van der Waals surface area contributed by atoms with Gasteiger partial charge >= 0.3 is 6.03 Å². The Balaban J connectivity index is 1.39. The number of aryl methyl sites for hydroxylation is 4. The lowest BCUT2D eigenvalue weighted by Gasteiger charge is -2.25. The van der Waals surface area contributed by atoms with Crippen LogP contribution < -0.4 is 15.0 Å². The van der Waals surface area contributed by atoms with Gasteiger partial charge in [0.15, 0.2) is 11.7 Å². The summed E-state index contributed by atoms with van der Waals surface area (Å²) in [6, 6.07) is 10.5. The van der Waals surface area contributed by atoms with Gasteiger partial charge in [-0.2, -0.15) is 0 Å². The van der Waals surface area contributed by atoms with Crippen LogP contribution in [0.4, 0.5) is 10.5 Å². The van der Waals surface area contributed by atoms with E-state index in [1.807, 2.05) is 24.0 Å². The van der Waals surface area contributed by atoms with Crippen molar-refractivity contribution >= 4 is 11.7 Å². The molecule has 0 saturated carbocycles. The van der Waals surface area contributed by atoms with Gasteiger partial charge in [0.05, 0.1) is 18.9 Å². The Bertz CT molecular complexity index is 1150. The van der Waals surface area contributed by atoms with Crippen molar-refractivity contribution in [2.45, 2.75) is 40.7 Å². The molecule has 4 rings (SSSR count). The number of oxazole rings is 1. The minimum atomic E-state index is -0.00478. The summed E-state index contributed by atoms with van der Waals surface area (Å²) < 4.78 is 11.3. The first-order chi connectivity index (χ1) is 16.4. The number of amides is 2. The van der Waals surface area contributed by atoms with Crippen molar-refractivity contribution in [1.29, 1.82) is 0 Å². The van der Waals surface area contributed by atoms with E-state index in [0.717, 1.165) is 43.1 Å². The number of hydrogen-bond donors (Lipinski definition) is 1. The van der Waals surface area contributed by atoms with Gasteiger partial charge in [0.25, 0.3) is 0 Å². The summed E-state index contributed by atoms with van der Waals surface area (Å²) in [7, 11) is 1.66. The Hall–Kier alpha value is -3.48. The molecule has 0 atom stereocenters. The standard InChI is InChI=1S/C27H34N4O3/c1-18-13-19(2)24(20(3)14-18)16-29-27(32)31-10-6-9-30(11-12-31)22-7-8-23(25(15-22)33-5)26-17-28-21(4)34-26/h7-8,13-15,17H,6,9-12,16H2,1-5H3,(H,29,32). The second-order valence-electron chi connectivity index (χ2n) is 8.99. The Morgan fingerprint density at radius 1 is 1.06 bits per heavy atom. The summed E-state index contributed by atoms with van der Waals surface area (Å²) in [5, 5.41) is 3.13. The van der Waals surface area contributed by atoms with Crippen molar-refractivity contribution in [3.63, 3.8) is 0 Å². The highest BCUT2D eigenvalue weighted by Gasteiger charge is 2.21. The van der Waals surface area contributed by atoms with Crippen LogP contribution in [0.3, 0.4) is 0 Å². The molecule has 7 nitrogen and oxygen atoms in total. The summed E-state index contributed by atoms with van der Waals surface area (Å²) in [6.45, 7) is 11.7. The Morgan fingerprint density at radius 2 is 1.82 bits per heavy atom. The minimum absolute atomic E-state index is 0.00478. The fourth-order valence-corrected chi connectivity index (χ4v) is 4.71. The van der Waals surface area contributed by atoms with Crippen molar-refractivity contribution in [2.75, 3.05) is 38.2 Å². The van der Waals surface area contributed by atoms with Gasteiger partial charge in [0.1, 0.15) is 5.75 Å². The highest BCUT2D eigenvalue weighted by atomic mass is 16.5. The number of benzene rings is 2. The highest BCUT2D eigenvalue weighted by Crippen LogP contribution is 2.34. The normalized spacial score (nSPS) is 14.1. The molecule has 3 aromatic rings. The molecule has 2 amide bonds. The number of ether oxygens (including phenoxy) is 1. The van der Waals surface area contributed by atoms with Crippen LogP contribution in [-0.4, -0.2) is 49.2 Å². The lowest BCUT2D eigenvalue weighted by Crippen LogP contribution is -2.42. The molecular formula is C27H34N4O3. The quantitative estimate of drug-likeness (QED) is 0.577. The van der Waals surface area contributed by atoms with Gasteiger partial charge in [0, 0.05) is 51.4 Å². The summed E-state index contributed by atoms with van der Waals surface area (Å²) in [5.74, 6) is 2.06. The van der Waals surface area contributed by atoms with Gasteiger partial charge in [-0.15, -0.1) is 0 Å². The first-order valence-corrected chi connectivity index (χ1v) is 11.8. The molecule has 1 saturated heterocycles. The molecule has 7 heteroatoms. The minimum Gasteiger partial charge on any atom is -0.496 e. The van der Waals surface area contributed by atoms with Crippen molar-refractivity contribution < 1.29 is 13.9 Å². The second-order valence-corrected chi connectivity index (χ2v) is 8.99. The van der Waals surface area contributed by atoms with Crippen molar-refractivity contribution in [3.8, 4) is 17.1 Å². The SMILES string of the molecule is COc1cc(N2CCCN(C(=O)NCc3c(C)cc(C)cc3C)CC2)ccc1-c1cnc(C)o1. The average molecular weight is 463 g/mol. The van der Waals surface area contributed by atoms with Gasteiger partial charge in [-0.25, -0.2) is 9.78 Å². The predicted molar refractivity (Wildman–Crippen MR) is 135 cm³/mol. The van der Waals surface area contributed by atoms with Gasteiger partial charge in [-0.3, -0.25) is 0 Å². The van der Waals surface area contributed by atoms with E-state index >= 15 is 0 Å². The number of hydrogen-bond acceptors (Lipinski definition) is 5. The van der Waals surface area contributed by atoms with E-state index in [-0.39, 0.29) is 6.03 Å². The van der Waals surface area contributed by atoms with E-state index < -0.39 is 0 Å². The fourth-order valence-electron chi connectivity index (χ4n) is 4.71. The zero-order valence-electron chi connectivity index (χ0n) is 20.8. The monoisotopic (exact) mass is 462 g/mol. The smallest absolute Gasteiger partial charge is 0.317 e. The van der Waals surface area contributed by atoms with Crippen LogP contribution in [0.1, 0.15) is 34.6 Å². The number of methoxy groups -OCH3 is 1. The number of anilines is 1. The lowest BCUT2D eigenvalue weighted by molar-refractivity contribution is 0.201.